The summed E-state index contributed by atoms with van der Waals surface area (Å²) < 4.78 is 29.3. The predicted octanol–water partition coefficient (Wildman–Crippen LogP) is 4.67. The van der Waals surface area contributed by atoms with Crippen LogP contribution in [-0.4, -0.2) is 38.4 Å². The molecule has 3 rings (SSSR count). The van der Waals surface area contributed by atoms with Gasteiger partial charge in [0.1, 0.15) is 11.6 Å². The van der Waals surface area contributed by atoms with Crippen LogP contribution >= 0.6 is 11.6 Å². The maximum Gasteiger partial charge on any atom is 0.271 e. The van der Waals surface area contributed by atoms with Gasteiger partial charge in [0.25, 0.3) is 11.8 Å². The Morgan fingerprint density at radius 3 is 2.57 bits per heavy atom. The molecule has 0 aliphatic rings. The van der Waals surface area contributed by atoms with Gasteiger partial charge in [-0.05, 0) is 67.1 Å². The van der Waals surface area contributed by atoms with Gasteiger partial charge >= 0.3 is 0 Å². The van der Waals surface area contributed by atoms with Gasteiger partial charge < -0.3 is 19.5 Å². The van der Waals surface area contributed by atoms with Crippen LogP contribution in [0, 0.1) is 5.82 Å². The third-order valence-corrected chi connectivity index (χ3v) is 4.80. The summed E-state index contributed by atoms with van der Waals surface area (Å²) in [6, 6.07) is 15.2. The van der Waals surface area contributed by atoms with E-state index in [1.807, 2.05) is 0 Å². The fourth-order valence-electron chi connectivity index (χ4n) is 2.93. The van der Waals surface area contributed by atoms with E-state index in [4.69, 9.17) is 25.8 Å². The Balaban J connectivity index is 1.65. The molecule has 35 heavy (non-hydrogen) atoms. The topological polar surface area (TPSA) is 98.2 Å². The lowest BCUT2D eigenvalue weighted by molar-refractivity contribution is -0.118. The number of carbonyl (C=O) groups is 2. The lowest BCUT2D eigenvalue weighted by atomic mass is 10.2. The summed E-state index contributed by atoms with van der Waals surface area (Å²) in [6.07, 6.45) is 1.40. The van der Waals surface area contributed by atoms with Crippen molar-refractivity contribution in [2.45, 2.75) is 6.92 Å². The molecule has 182 valence electrons. The lowest BCUT2D eigenvalue weighted by Gasteiger charge is -2.14. The number of ether oxygens (including phenoxy) is 3. The van der Waals surface area contributed by atoms with Crippen molar-refractivity contribution in [1.29, 1.82) is 0 Å². The van der Waals surface area contributed by atoms with E-state index >= 15 is 0 Å². The third-order valence-electron chi connectivity index (χ3n) is 4.52. The van der Waals surface area contributed by atoms with Crippen LogP contribution in [-0.2, 0) is 4.79 Å². The van der Waals surface area contributed by atoms with Gasteiger partial charge in [-0.2, -0.15) is 5.10 Å². The summed E-state index contributed by atoms with van der Waals surface area (Å²) in [7, 11) is 1.51. The first-order chi connectivity index (χ1) is 16.9. The van der Waals surface area contributed by atoms with Gasteiger partial charge in [-0.1, -0.05) is 17.7 Å². The zero-order valence-corrected chi connectivity index (χ0v) is 19.8. The van der Waals surface area contributed by atoms with Gasteiger partial charge in [0, 0.05) is 11.3 Å². The van der Waals surface area contributed by atoms with E-state index in [0.717, 1.165) is 0 Å². The average molecular weight is 500 g/mol. The quantitative estimate of drug-likeness (QED) is 0.312. The van der Waals surface area contributed by atoms with E-state index in [2.05, 4.69) is 15.8 Å². The molecule has 0 bridgehead atoms. The molecule has 0 heterocycles. The van der Waals surface area contributed by atoms with Crippen LogP contribution in [0.25, 0.3) is 0 Å². The van der Waals surface area contributed by atoms with Crippen molar-refractivity contribution in [2.75, 3.05) is 25.6 Å². The number of hydrogen-bond acceptors (Lipinski definition) is 6. The molecule has 8 nitrogen and oxygen atoms in total. The molecule has 0 aromatic heterocycles. The highest BCUT2D eigenvalue weighted by Crippen LogP contribution is 2.36. The Bertz CT molecular complexity index is 1220. The van der Waals surface area contributed by atoms with Crippen molar-refractivity contribution in [3.05, 3.63) is 82.6 Å². The van der Waals surface area contributed by atoms with Crippen LogP contribution in [0.3, 0.4) is 0 Å². The molecule has 0 spiro atoms. The Kier molecular flexibility index (Phi) is 9.02. The van der Waals surface area contributed by atoms with E-state index in [9.17, 15) is 14.0 Å². The number of methoxy groups -OCH3 is 1. The number of hydrogen-bond donors (Lipinski definition) is 2. The molecule has 0 unspecified atom stereocenters. The summed E-state index contributed by atoms with van der Waals surface area (Å²) in [4.78, 5) is 24.5. The van der Waals surface area contributed by atoms with E-state index in [1.165, 1.54) is 37.6 Å². The van der Waals surface area contributed by atoms with Crippen LogP contribution in [0.4, 0.5) is 10.1 Å². The summed E-state index contributed by atoms with van der Waals surface area (Å²) >= 11 is 6.36. The van der Waals surface area contributed by atoms with Crippen molar-refractivity contribution < 1.29 is 28.2 Å². The molecule has 0 atom stereocenters. The number of benzene rings is 3. The number of halogens is 2. The molecule has 0 fully saturated rings. The minimum atomic E-state index is -0.457. The maximum atomic E-state index is 13.0. The summed E-state index contributed by atoms with van der Waals surface area (Å²) in [5.41, 5.74) is 3.78. The zero-order chi connectivity index (χ0) is 25.2. The minimum absolute atomic E-state index is 0.181. The van der Waals surface area contributed by atoms with Crippen molar-refractivity contribution in [1.82, 2.24) is 5.43 Å². The molecule has 3 aromatic rings. The second kappa shape index (κ2) is 12.4. The zero-order valence-electron chi connectivity index (χ0n) is 19.0. The first kappa shape index (κ1) is 25.5. The van der Waals surface area contributed by atoms with Crippen molar-refractivity contribution in [3.8, 4) is 17.2 Å². The SMILES string of the molecule is CCOc1cc(C=NNC(=O)c2cccc(OC)c2)cc(Cl)c1OCC(=O)Nc1ccc(F)cc1. The standard InChI is InChI=1S/C25H23ClFN3O5/c1-3-34-22-12-16(14-28-30-25(32)17-5-4-6-20(13-17)33-2)11-21(26)24(22)35-15-23(31)29-19-9-7-18(27)8-10-19/h4-14H,3,15H2,1-2H3,(H,29,31)(H,30,32). The Labute approximate surface area is 206 Å². The number of anilines is 1. The molecule has 0 saturated heterocycles. The highest BCUT2D eigenvalue weighted by Gasteiger charge is 2.14. The van der Waals surface area contributed by atoms with E-state index < -0.39 is 17.6 Å². The van der Waals surface area contributed by atoms with Gasteiger partial charge in [0.2, 0.25) is 0 Å². The summed E-state index contributed by atoms with van der Waals surface area (Å²) in [5, 5.41) is 6.74. The number of nitrogens with zero attached hydrogens (tertiary/aromatic N) is 1. The fourth-order valence-corrected chi connectivity index (χ4v) is 3.20. The van der Waals surface area contributed by atoms with Crippen LogP contribution in [0.15, 0.2) is 65.8 Å². The Hall–Kier alpha value is -4.11. The molecule has 0 aliphatic heterocycles. The predicted molar refractivity (Wildman–Crippen MR) is 131 cm³/mol. The fraction of sp³-hybridized carbons (Fsp3) is 0.160. The number of amides is 2. The normalized spacial score (nSPS) is 10.6. The Morgan fingerprint density at radius 2 is 1.86 bits per heavy atom. The maximum absolute atomic E-state index is 13.0. The van der Waals surface area contributed by atoms with Crippen molar-refractivity contribution >= 4 is 35.3 Å². The highest BCUT2D eigenvalue weighted by molar-refractivity contribution is 6.32. The van der Waals surface area contributed by atoms with E-state index in [0.29, 0.717) is 34.9 Å². The van der Waals surface area contributed by atoms with Gasteiger partial charge in [0.15, 0.2) is 18.1 Å². The first-order valence-electron chi connectivity index (χ1n) is 10.5. The number of rotatable bonds is 10. The highest BCUT2D eigenvalue weighted by atomic mass is 35.5. The summed E-state index contributed by atoms with van der Waals surface area (Å²) in [5.74, 6) is -0.243. The smallest absolute Gasteiger partial charge is 0.271 e. The van der Waals surface area contributed by atoms with Crippen LogP contribution in [0.2, 0.25) is 5.02 Å². The lowest BCUT2D eigenvalue weighted by Crippen LogP contribution is -2.20. The molecule has 10 heteroatoms. The van der Waals surface area contributed by atoms with Crippen LogP contribution < -0.4 is 25.0 Å². The molecule has 0 radical (unpaired) electrons. The van der Waals surface area contributed by atoms with Crippen LogP contribution in [0.1, 0.15) is 22.8 Å². The van der Waals surface area contributed by atoms with Crippen LogP contribution in [0.5, 0.6) is 17.2 Å². The average Bonchev–Trinajstić information content (AvgIpc) is 2.85. The monoisotopic (exact) mass is 499 g/mol. The second-order valence-electron chi connectivity index (χ2n) is 7.04. The molecule has 0 aliphatic carbocycles. The third kappa shape index (κ3) is 7.44. The van der Waals surface area contributed by atoms with Gasteiger partial charge in [-0.15, -0.1) is 0 Å². The van der Waals surface area contributed by atoms with E-state index in [1.54, 1.807) is 43.3 Å². The largest absolute Gasteiger partial charge is 0.497 e. The molecule has 3 aromatic carbocycles. The van der Waals surface area contributed by atoms with Gasteiger partial charge in [-0.3, -0.25) is 9.59 Å². The first-order valence-corrected chi connectivity index (χ1v) is 10.9. The minimum Gasteiger partial charge on any atom is -0.497 e. The molecule has 0 saturated carbocycles. The number of hydrazone groups is 1. The molecular formula is C25H23ClFN3O5. The van der Waals surface area contributed by atoms with Crippen molar-refractivity contribution in [3.63, 3.8) is 0 Å². The number of carbonyl (C=O) groups excluding carboxylic acids is 2. The van der Waals surface area contributed by atoms with Gasteiger partial charge in [0.05, 0.1) is 25.0 Å². The number of nitrogens with one attached hydrogen (secondary N) is 2. The van der Waals surface area contributed by atoms with Crippen molar-refractivity contribution in [2.24, 2.45) is 5.10 Å². The van der Waals surface area contributed by atoms with E-state index in [-0.39, 0.29) is 17.4 Å². The Morgan fingerprint density at radius 1 is 1.09 bits per heavy atom. The second-order valence-corrected chi connectivity index (χ2v) is 7.45. The molecular weight excluding hydrogens is 477 g/mol. The summed E-state index contributed by atoms with van der Waals surface area (Å²) in [6.45, 7) is 1.76. The molecule has 2 N–H and O–H groups in total. The van der Waals surface area contributed by atoms with Gasteiger partial charge in [-0.25, -0.2) is 9.82 Å². The molecule has 2 amide bonds.